The van der Waals surface area contributed by atoms with Crippen LogP contribution in [0.5, 0.6) is 11.5 Å². The molecule has 31 heavy (non-hydrogen) atoms. The Kier molecular flexibility index (Phi) is 8.05. The first-order valence-corrected chi connectivity index (χ1v) is 11.4. The number of nitrogens with one attached hydrogen (secondary N) is 1. The Hall–Kier alpha value is -2.88. The lowest BCUT2D eigenvalue weighted by Gasteiger charge is -2.12. The number of ether oxygens (including phenoxy) is 2. The van der Waals surface area contributed by atoms with Gasteiger partial charge in [0.2, 0.25) is 5.69 Å². The van der Waals surface area contributed by atoms with Crippen LogP contribution >= 0.6 is 11.3 Å². The Balaban J connectivity index is 1.82. The van der Waals surface area contributed by atoms with Crippen LogP contribution in [0.2, 0.25) is 0 Å². The molecule has 3 aromatic rings. The number of aromatic nitrogens is 1. The Bertz CT molecular complexity index is 1050. The molecule has 162 valence electrons. The van der Waals surface area contributed by atoms with E-state index < -0.39 is 0 Å². The molecule has 0 radical (unpaired) electrons. The van der Waals surface area contributed by atoms with Crippen molar-refractivity contribution < 1.29 is 9.47 Å². The van der Waals surface area contributed by atoms with Gasteiger partial charge in [-0.1, -0.05) is 13.0 Å². The van der Waals surface area contributed by atoms with Gasteiger partial charge in [0.1, 0.15) is 16.5 Å². The van der Waals surface area contributed by atoms with Gasteiger partial charge in [0, 0.05) is 11.8 Å². The van der Waals surface area contributed by atoms with E-state index in [9.17, 15) is 0 Å². The highest BCUT2D eigenvalue weighted by Crippen LogP contribution is 2.38. The van der Waals surface area contributed by atoms with Gasteiger partial charge in [0.15, 0.2) is 0 Å². The average molecular weight is 436 g/mol. The number of thiazole rings is 1. The summed E-state index contributed by atoms with van der Waals surface area (Å²) in [6.45, 7) is 15.2. The van der Waals surface area contributed by atoms with Gasteiger partial charge in [0.25, 0.3) is 0 Å². The van der Waals surface area contributed by atoms with E-state index in [0.717, 1.165) is 40.6 Å². The molecule has 5 nitrogen and oxygen atoms in total. The summed E-state index contributed by atoms with van der Waals surface area (Å²) in [7, 11) is 1.95. The van der Waals surface area contributed by atoms with Gasteiger partial charge < -0.3 is 14.8 Å². The first kappa shape index (κ1) is 22.8. The molecule has 0 unspecified atom stereocenters. The van der Waals surface area contributed by atoms with Crippen molar-refractivity contribution in [3.8, 4) is 32.5 Å². The van der Waals surface area contributed by atoms with Gasteiger partial charge >= 0.3 is 0 Å². The summed E-state index contributed by atoms with van der Waals surface area (Å²) in [6.07, 6.45) is 3.84. The molecule has 0 aliphatic carbocycles. The molecule has 0 bridgehead atoms. The molecule has 0 fully saturated rings. The second-order valence-electron chi connectivity index (χ2n) is 7.47. The van der Waals surface area contributed by atoms with Crippen LogP contribution < -0.4 is 14.8 Å². The predicted molar refractivity (Wildman–Crippen MR) is 128 cm³/mol. The molecule has 1 N–H and O–H groups in total. The number of hydrogen-bond acceptors (Lipinski definition) is 5. The minimum atomic E-state index is 0.0283. The van der Waals surface area contributed by atoms with Crippen molar-refractivity contribution in [2.75, 3.05) is 20.2 Å². The summed E-state index contributed by atoms with van der Waals surface area (Å²) < 4.78 is 11.6. The lowest BCUT2D eigenvalue weighted by Crippen LogP contribution is -2.11. The van der Waals surface area contributed by atoms with E-state index in [-0.39, 0.29) is 6.10 Å². The minimum Gasteiger partial charge on any atom is -0.502 e. The van der Waals surface area contributed by atoms with Gasteiger partial charge in [-0.05, 0) is 81.7 Å². The third kappa shape index (κ3) is 5.84. The van der Waals surface area contributed by atoms with Crippen LogP contribution in [0.3, 0.4) is 0 Å². The van der Waals surface area contributed by atoms with E-state index in [4.69, 9.17) is 16.0 Å². The maximum Gasteiger partial charge on any atom is 0.228 e. The summed E-state index contributed by atoms with van der Waals surface area (Å²) in [4.78, 5) is 9.38. The van der Waals surface area contributed by atoms with Crippen molar-refractivity contribution in [1.82, 2.24) is 10.3 Å². The third-order valence-corrected chi connectivity index (χ3v) is 5.84. The van der Waals surface area contributed by atoms with Crippen molar-refractivity contribution in [2.24, 2.45) is 0 Å². The summed E-state index contributed by atoms with van der Waals surface area (Å²) in [5.74, 6) is 1.52. The van der Waals surface area contributed by atoms with Crippen molar-refractivity contribution in [3.63, 3.8) is 0 Å². The van der Waals surface area contributed by atoms with Crippen LogP contribution in [0, 0.1) is 6.57 Å². The second-order valence-corrected chi connectivity index (χ2v) is 8.50. The topological polar surface area (TPSA) is 47.7 Å². The molecule has 1 heterocycles. The molecule has 2 aromatic carbocycles. The zero-order chi connectivity index (χ0) is 22.2. The van der Waals surface area contributed by atoms with E-state index in [1.807, 2.05) is 51.4 Å². The molecule has 0 aliphatic heterocycles. The number of rotatable bonds is 10. The summed E-state index contributed by atoms with van der Waals surface area (Å²) in [5.41, 5.74) is 3.86. The summed E-state index contributed by atoms with van der Waals surface area (Å²) in [5, 5.41) is 4.03. The third-order valence-electron chi connectivity index (χ3n) is 4.76. The van der Waals surface area contributed by atoms with E-state index >= 15 is 0 Å². The Morgan fingerprint density at radius 1 is 1.19 bits per heavy atom. The van der Waals surface area contributed by atoms with Gasteiger partial charge in [-0.2, -0.15) is 0 Å². The Labute approximate surface area is 188 Å². The number of benzene rings is 2. The molecule has 0 saturated heterocycles. The molecule has 0 saturated carbocycles. The van der Waals surface area contributed by atoms with Gasteiger partial charge in [-0.15, -0.1) is 11.3 Å². The zero-order valence-electron chi connectivity index (χ0n) is 18.6. The van der Waals surface area contributed by atoms with Crippen molar-refractivity contribution >= 4 is 17.0 Å². The lowest BCUT2D eigenvalue weighted by molar-refractivity contribution is 0.244. The Morgan fingerprint density at radius 2 is 2.03 bits per heavy atom. The van der Waals surface area contributed by atoms with Crippen molar-refractivity contribution in [2.45, 2.75) is 39.7 Å². The van der Waals surface area contributed by atoms with Crippen molar-refractivity contribution in [1.29, 1.82) is 0 Å². The molecule has 0 spiro atoms. The van der Waals surface area contributed by atoms with Crippen molar-refractivity contribution in [3.05, 3.63) is 59.6 Å². The maximum atomic E-state index is 7.49. The first-order valence-electron chi connectivity index (χ1n) is 10.6. The SMILES string of the molecule is [C-]#[N+]c1cc(-c2ncc(-c3ccc(OCCCNC)cc3CC)s2)ccc1OC(C)C. The normalized spacial score (nSPS) is 10.8. The van der Waals surface area contributed by atoms with E-state index in [2.05, 4.69) is 34.2 Å². The van der Waals surface area contributed by atoms with Gasteiger partial charge in [-0.25, -0.2) is 9.83 Å². The van der Waals surface area contributed by atoms with Crippen LogP contribution in [0.4, 0.5) is 5.69 Å². The molecular weight excluding hydrogens is 406 g/mol. The van der Waals surface area contributed by atoms with Crippen LogP contribution in [0.1, 0.15) is 32.8 Å². The summed E-state index contributed by atoms with van der Waals surface area (Å²) in [6, 6.07) is 12.0. The molecule has 1 aromatic heterocycles. The largest absolute Gasteiger partial charge is 0.502 e. The summed E-state index contributed by atoms with van der Waals surface area (Å²) >= 11 is 1.63. The standard InChI is InChI=1S/C25H29N3O2S/c1-6-18-14-20(29-13-7-12-26-4)9-10-21(18)24-16-28-25(31-24)19-8-11-23(30-17(2)3)22(15-19)27-5/h8-11,14-17,26H,6-7,12-13H2,1-4H3. The Morgan fingerprint density at radius 3 is 2.74 bits per heavy atom. The molecule has 0 aliphatic rings. The number of hydrogen-bond donors (Lipinski definition) is 1. The number of nitrogens with zero attached hydrogens (tertiary/aromatic N) is 2. The quantitative estimate of drug-likeness (QED) is 0.297. The van der Waals surface area contributed by atoms with Gasteiger partial charge in [0.05, 0.1) is 24.2 Å². The highest BCUT2D eigenvalue weighted by molar-refractivity contribution is 7.18. The minimum absolute atomic E-state index is 0.0283. The fraction of sp³-hybridized carbons (Fsp3) is 0.360. The van der Waals surface area contributed by atoms with Crippen LogP contribution in [-0.4, -0.2) is 31.3 Å². The smallest absolute Gasteiger partial charge is 0.228 e. The fourth-order valence-electron chi connectivity index (χ4n) is 3.26. The van der Waals surface area contributed by atoms with Crippen LogP contribution in [0.15, 0.2) is 42.6 Å². The number of aryl methyl sites for hydroxylation is 1. The molecule has 0 atom stereocenters. The molecular formula is C25H29N3O2S. The molecule has 6 heteroatoms. The van der Waals surface area contributed by atoms with Crippen LogP contribution in [0.25, 0.3) is 25.9 Å². The van der Waals surface area contributed by atoms with Crippen LogP contribution in [-0.2, 0) is 6.42 Å². The average Bonchev–Trinajstić information content (AvgIpc) is 3.26. The zero-order valence-corrected chi connectivity index (χ0v) is 19.4. The first-order chi connectivity index (χ1) is 15.0. The highest BCUT2D eigenvalue weighted by Gasteiger charge is 2.13. The monoisotopic (exact) mass is 435 g/mol. The lowest BCUT2D eigenvalue weighted by atomic mass is 10.0. The fourth-order valence-corrected chi connectivity index (χ4v) is 4.23. The maximum absolute atomic E-state index is 7.49. The predicted octanol–water partition coefficient (Wildman–Crippen LogP) is 6.37. The second kappa shape index (κ2) is 10.9. The molecule has 0 amide bonds. The highest BCUT2D eigenvalue weighted by atomic mass is 32.1. The van der Waals surface area contributed by atoms with Gasteiger partial charge in [-0.3, -0.25) is 0 Å². The van der Waals surface area contributed by atoms with E-state index in [0.29, 0.717) is 18.0 Å². The van der Waals surface area contributed by atoms with E-state index in [1.54, 1.807) is 11.3 Å². The molecule has 3 rings (SSSR count). The van der Waals surface area contributed by atoms with E-state index in [1.165, 1.54) is 11.1 Å².